The molecule has 3 aromatic rings. The monoisotopic (exact) mass is 575 g/mol. The highest BCUT2D eigenvalue weighted by Gasteiger charge is 2.22. The molecular weight excluding hydrogens is 526 g/mol. The number of carbonyl (C=O) groups is 2. The highest BCUT2D eigenvalue weighted by Crippen LogP contribution is 2.16. The molecule has 12 heteroatoms. The van der Waals surface area contributed by atoms with E-state index in [1.807, 2.05) is 60.3 Å². The summed E-state index contributed by atoms with van der Waals surface area (Å²) in [5.41, 5.74) is 1.13. The zero-order chi connectivity index (χ0) is 31.2. The number of nitrogens with one attached hydrogen (secondary N) is 2. The Balaban J connectivity index is 0.000000337. The minimum Gasteiger partial charge on any atom is -0.444 e. The zero-order valence-corrected chi connectivity index (χ0v) is 26.4. The quantitative estimate of drug-likeness (QED) is 0.407. The maximum absolute atomic E-state index is 11.9. The molecule has 2 N–H and O–H groups in total. The lowest BCUT2D eigenvalue weighted by Gasteiger charge is -2.26. The zero-order valence-electron chi connectivity index (χ0n) is 26.4. The summed E-state index contributed by atoms with van der Waals surface area (Å²) in [6.07, 6.45) is 10.1. The summed E-state index contributed by atoms with van der Waals surface area (Å²) in [5.74, 6) is 0.323. The maximum Gasteiger partial charge on any atom is 0.410 e. The molecule has 230 valence electrons. The number of likely N-dealkylation sites (tertiary alicyclic amines) is 1. The number of amides is 2. The molecule has 0 bridgehead atoms. The minimum atomic E-state index is -0.372. The van der Waals surface area contributed by atoms with E-state index in [2.05, 4.69) is 20.5 Å². The molecule has 2 amide bonds. The first kappa shape index (κ1) is 35.4. The highest BCUT2D eigenvalue weighted by atomic mass is 16.6. The van der Waals surface area contributed by atoms with Gasteiger partial charge in [-0.05, 0) is 54.4 Å². The van der Waals surface area contributed by atoms with Crippen LogP contribution in [0.1, 0.15) is 81.1 Å². The summed E-state index contributed by atoms with van der Waals surface area (Å²) in [6, 6.07) is 1.50. The number of hydrogen-bond acceptors (Lipinski definition) is 7. The predicted octanol–water partition coefficient (Wildman–Crippen LogP) is 5.25. The molecule has 1 aliphatic rings. The van der Waals surface area contributed by atoms with Gasteiger partial charge < -0.3 is 24.7 Å². The molecule has 1 saturated heterocycles. The van der Waals surface area contributed by atoms with E-state index in [4.69, 9.17) is 9.47 Å². The van der Waals surface area contributed by atoms with Crippen LogP contribution in [0.15, 0.2) is 29.5 Å². The number of fused-ring (bicyclic) bond motifs is 1. The summed E-state index contributed by atoms with van der Waals surface area (Å²) in [7, 11) is 3.50. The Bertz CT molecular complexity index is 1260. The van der Waals surface area contributed by atoms with Crippen molar-refractivity contribution in [2.45, 2.75) is 92.3 Å². The molecule has 3 aromatic heterocycles. The average Bonchev–Trinajstić information content (AvgIpc) is 3.41. The highest BCUT2D eigenvalue weighted by molar-refractivity contribution is 5.72. The van der Waals surface area contributed by atoms with Crippen LogP contribution in [0.4, 0.5) is 10.6 Å². The molecule has 0 aliphatic carbocycles. The van der Waals surface area contributed by atoms with Crippen molar-refractivity contribution in [3.8, 4) is 11.3 Å². The van der Waals surface area contributed by atoms with Crippen molar-refractivity contribution in [1.82, 2.24) is 29.3 Å². The Hall–Kier alpha value is -3.67. The lowest BCUT2D eigenvalue weighted by Crippen LogP contribution is -2.37. The van der Waals surface area contributed by atoms with Gasteiger partial charge in [0.1, 0.15) is 11.1 Å². The Morgan fingerprint density at radius 1 is 1.02 bits per heavy atom. The second-order valence-electron chi connectivity index (χ2n) is 11.2. The topological polar surface area (TPSA) is 136 Å². The first-order chi connectivity index (χ1) is 19.2. The minimum absolute atomic E-state index is 0.0417. The third-order valence-corrected chi connectivity index (χ3v) is 5.56. The lowest BCUT2D eigenvalue weighted by atomic mass is 10.2. The van der Waals surface area contributed by atoms with Gasteiger partial charge in [-0.1, -0.05) is 26.7 Å². The molecule has 0 unspecified atom stereocenters. The molecule has 0 aromatic carbocycles. The van der Waals surface area contributed by atoms with Crippen LogP contribution in [0.3, 0.4) is 0 Å². The molecule has 4 rings (SSSR count). The number of carbonyl (C=O) groups excluding carboxylic acids is 2. The fourth-order valence-corrected chi connectivity index (χ4v) is 3.42. The number of aromatic amines is 1. The van der Waals surface area contributed by atoms with Crippen LogP contribution >= 0.6 is 0 Å². The van der Waals surface area contributed by atoms with Crippen molar-refractivity contribution in [2.75, 3.05) is 25.5 Å². The lowest BCUT2D eigenvalue weighted by molar-refractivity contribution is -0.105. The van der Waals surface area contributed by atoms with E-state index in [1.165, 1.54) is 23.4 Å². The van der Waals surface area contributed by atoms with Crippen molar-refractivity contribution < 1.29 is 19.1 Å². The number of H-pyrrole nitrogens is 1. The third kappa shape index (κ3) is 13.0. The van der Waals surface area contributed by atoms with E-state index in [1.54, 1.807) is 37.4 Å². The van der Waals surface area contributed by atoms with E-state index in [-0.39, 0.29) is 22.9 Å². The Morgan fingerprint density at radius 2 is 1.61 bits per heavy atom. The van der Waals surface area contributed by atoms with Gasteiger partial charge in [0.15, 0.2) is 5.82 Å². The summed E-state index contributed by atoms with van der Waals surface area (Å²) >= 11 is 0. The third-order valence-electron chi connectivity index (χ3n) is 5.56. The van der Waals surface area contributed by atoms with Crippen molar-refractivity contribution in [3.63, 3.8) is 0 Å². The van der Waals surface area contributed by atoms with Crippen molar-refractivity contribution in [2.24, 2.45) is 7.05 Å². The maximum atomic E-state index is 11.9. The number of aromatic nitrogens is 5. The number of ether oxygens (including phenoxy) is 2. The number of rotatable bonds is 3. The van der Waals surface area contributed by atoms with Crippen molar-refractivity contribution in [3.05, 3.63) is 35.0 Å². The standard InChI is InChI=1S/C11H10N6O2.C11H21NO2.C5H12O.C2H6/c1-16-4-7(3-13-16)8-5-17-9(11(19)14-8)2-10(15-17)12-6-18;1-11(2,3)14-10(13)12-8-6-4-5-7-9-12;1-5(2,3)6-4;1-2/h2-6H,1H3,(H,14,19)(H,12,15,18);4-9H2,1-3H3;1-4H3;1-2H3. The second-order valence-corrected chi connectivity index (χ2v) is 11.2. The van der Waals surface area contributed by atoms with Crippen LogP contribution in [0.5, 0.6) is 0 Å². The van der Waals surface area contributed by atoms with E-state index in [9.17, 15) is 14.4 Å². The van der Waals surface area contributed by atoms with Gasteiger partial charge in [0, 0.05) is 45.1 Å². The van der Waals surface area contributed by atoms with E-state index >= 15 is 0 Å². The SMILES string of the molecule is CC.CC(C)(C)OC(=O)N1CCCCCC1.COC(C)(C)C.Cn1cc(-c2cn3nc(NC=O)cc3c(=O)[nH]2)cn1. The second kappa shape index (κ2) is 16.6. The Labute approximate surface area is 243 Å². The van der Waals surface area contributed by atoms with Crippen LogP contribution < -0.4 is 10.9 Å². The van der Waals surface area contributed by atoms with Gasteiger partial charge in [-0.15, -0.1) is 5.10 Å². The number of anilines is 1. The van der Waals surface area contributed by atoms with E-state index < -0.39 is 0 Å². The molecule has 1 fully saturated rings. The molecule has 0 radical (unpaired) electrons. The summed E-state index contributed by atoms with van der Waals surface area (Å²) in [5, 5.41) is 10.5. The summed E-state index contributed by atoms with van der Waals surface area (Å²) in [4.78, 5) is 38.6. The van der Waals surface area contributed by atoms with Gasteiger partial charge in [-0.2, -0.15) is 5.10 Å². The summed E-state index contributed by atoms with van der Waals surface area (Å²) in [6.45, 7) is 17.5. The predicted molar refractivity (Wildman–Crippen MR) is 162 cm³/mol. The van der Waals surface area contributed by atoms with Crippen LogP contribution in [0.25, 0.3) is 16.8 Å². The van der Waals surface area contributed by atoms with Crippen molar-refractivity contribution >= 4 is 23.8 Å². The van der Waals surface area contributed by atoms with Gasteiger partial charge in [0.05, 0.1) is 23.7 Å². The Morgan fingerprint density at radius 3 is 2.07 bits per heavy atom. The molecule has 1 aliphatic heterocycles. The molecule has 0 spiro atoms. The van der Waals surface area contributed by atoms with E-state index in [0.29, 0.717) is 23.4 Å². The van der Waals surface area contributed by atoms with Gasteiger partial charge in [0.2, 0.25) is 6.41 Å². The molecule has 4 heterocycles. The number of hydrogen-bond donors (Lipinski definition) is 2. The molecule has 0 atom stereocenters. The largest absolute Gasteiger partial charge is 0.444 e. The molecule has 41 heavy (non-hydrogen) atoms. The van der Waals surface area contributed by atoms with Crippen LogP contribution in [-0.4, -0.2) is 73.2 Å². The fraction of sp³-hybridized carbons (Fsp3) is 0.621. The molecule has 0 saturated carbocycles. The first-order valence-electron chi connectivity index (χ1n) is 14.1. The first-order valence-corrected chi connectivity index (χ1v) is 14.1. The van der Waals surface area contributed by atoms with Gasteiger partial charge in [-0.3, -0.25) is 14.3 Å². The van der Waals surface area contributed by atoms with Gasteiger partial charge >= 0.3 is 6.09 Å². The van der Waals surface area contributed by atoms with Crippen molar-refractivity contribution in [1.29, 1.82) is 0 Å². The van der Waals surface area contributed by atoms with Crippen LogP contribution in [0.2, 0.25) is 0 Å². The molecule has 12 nitrogen and oxygen atoms in total. The fourth-order valence-electron chi connectivity index (χ4n) is 3.42. The van der Waals surface area contributed by atoms with Crippen LogP contribution in [0, 0.1) is 0 Å². The normalized spacial score (nSPS) is 13.4. The number of methoxy groups -OCH3 is 1. The van der Waals surface area contributed by atoms with Crippen LogP contribution in [-0.2, 0) is 21.3 Å². The number of aryl methyl sites for hydroxylation is 1. The smallest absolute Gasteiger partial charge is 0.410 e. The van der Waals surface area contributed by atoms with E-state index in [0.717, 1.165) is 31.5 Å². The van der Waals surface area contributed by atoms with Gasteiger partial charge in [0.25, 0.3) is 5.56 Å². The molecular formula is C29H49N7O5. The average molecular weight is 576 g/mol. The summed E-state index contributed by atoms with van der Waals surface area (Å²) < 4.78 is 13.3. The number of nitrogens with zero attached hydrogens (tertiary/aromatic N) is 5. The van der Waals surface area contributed by atoms with Gasteiger partial charge in [-0.25, -0.2) is 9.31 Å². The Kier molecular flexibility index (Phi) is 14.3.